The zero-order valence-electron chi connectivity index (χ0n) is 16.7. The molecule has 2 fully saturated rings. The topological polar surface area (TPSA) is 64.1 Å². The van der Waals surface area contributed by atoms with Crippen molar-refractivity contribution in [3.8, 4) is 11.3 Å². The van der Waals surface area contributed by atoms with E-state index in [9.17, 15) is 9.59 Å². The SMILES string of the molecule is CC1(C)C[C@@H](n2c(=O)[nH]c3c(c2=O)C2(CCCC2)Cc2ccccc2-3)CCO1. The van der Waals surface area contributed by atoms with Crippen LogP contribution in [-0.4, -0.2) is 21.8 Å². The summed E-state index contributed by atoms with van der Waals surface area (Å²) in [6, 6.07) is 8.10. The minimum absolute atomic E-state index is 0.0714. The van der Waals surface area contributed by atoms with Crippen LogP contribution >= 0.6 is 0 Å². The molecule has 2 aliphatic carbocycles. The molecule has 0 amide bonds. The van der Waals surface area contributed by atoms with Crippen molar-refractivity contribution < 1.29 is 4.74 Å². The zero-order valence-corrected chi connectivity index (χ0v) is 16.7. The number of nitrogens with one attached hydrogen (secondary N) is 1. The summed E-state index contributed by atoms with van der Waals surface area (Å²) in [5.41, 5.74) is 3.08. The van der Waals surface area contributed by atoms with E-state index in [1.807, 2.05) is 26.0 Å². The number of nitrogens with zero attached hydrogens (tertiary/aromatic N) is 1. The molecule has 5 nitrogen and oxygen atoms in total. The van der Waals surface area contributed by atoms with Crippen molar-refractivity contribution in [1.82, 2.24) is 9.55 Å². The van der Waals surface area contributed by atoms with Gasteiger partial charge in [-0.15, -0.1) is 0 Å². The normalized spacial score (nSPS) is 24.7. The van der Waals surface area contributed by atoms with E-state index in [2.05, 4.69) is 17.1 Å². The summed E-state index contributed by atoms with van der Waals surface area (Å²) < 4.78 is 7.33. The summed E-state index contributed by atoms with van der Waals surface area (Å²) >= 11 is 0. The van der Waals surface area contributed by atoms with Gasteiger partial charge in [0.25, 0.3) is 5.56 Å². The Kier molecular flexibility index (Phi) is 3.96. The second-order valence-corrected chi connectivity index (χ2v) is 9.43. The molecular formula is C23H28N2O3. The second-order valence-electron chi connectivity index (χ2n) is 9.43. The van der Waals surface area contributed by atoms with Crippen LogP contribution in [0.25, 0.3) is 11.3 Å². The Bertz CT molecular complexity index is 1040. The highest BCUT2D eigenvalue weighted by molar-refractivity contribution is 5.71. The summed E-state index contributed by atoms with van der Waals surface area (Å²) in [5, 5.41) is 0. The second kappa shape index (κ2) is 6.18. The fraction of sp³-hybridized carbons (Fsp3) is 0.565. The van der Waals surface area contributed by atoms with Crippen LogP contribution < -0.4 is 11.2 Å². The molecule has 1 N–H and O–H groups in total. The van der Waals surface area contributed by atoms with Gasteiger partial charge < -0.3 is 9.72 Å². The third-order valence-corrected chi connectivity index (χ3v) is 7.08. The van der Waals surface area contributed by atoms with Gasteiger partial charge in [-0.2, -0.15) is 0 Å². The number of hydrogen-bond donors (Lipinski definition) is 1. The average Bonchev–Trinajstić information content (AvgIpc) is 3.09. The lowest BCUT2D eigenvalue weighted by atomic mass is 9.68. The van der Waals surface area contributed by atoms with Gasteiger partial charge in [0.1, 0.15) is 0 Å². The van der Waals surface area contributed by atoms with E-state index in [1.54, 1.807) is 0 Å². The van der Waals surface area contributed by atoms with E-state index in [0.29, 0.717) is 19.4 Å². The number of ether oxygens (including phenoxy) is 1. The maximum atomic E-state index is 13.8. The number of hydrogen-bond acceptors (Lipinski definition) is 3. The third kappa shape index (κ3) is 2.63. The highest BCUT2D eigenvalue weighted by Crippen LogP contribution is 2.49. The summed E-state index contributed by atoms with van der Waals surface area (Å²) in [4.78, 5) is 30.1. The quantitative estimate of drug-likeness (QED) is 0.820. The van der Waals surface area contributed by atoms with Crippen molar-refractivity contribution in [2.45, 2.75) is 75.9 Å². The fourth-order valence-electron chi connectivity index (χ4n) is 5.84. The Morgan fingerprint density at radius 2 is 1.89 bits per heavy atom. The van der Waals surface area contributed by atoms with Gasteiger partial charge in [0.15, 0.2) is 0 Å². The van der Waals surface area contributed by atoms with Crippen molar-refractivity contribution in [3.05, 3.63) is 56.2 Å². The zero-order chi connectivity index (χ0) is 19.5. The van der Waals surface area contributed by atoms with E-state index in [0.717, 1.165) is 48.9 Å². The number of benzene rings is 1. The maximum Gasteiger partial charge on any atom is 0.329 e. The van der Waals surface area contributed by atoms with Crippen LogP contribution in [0, 0.1) is 0 Å². The number of aromatic nitrogens is 2. The molecule has 1 aromatic heterocycles. The first-order valence-electron chi connectivity index (χ1n) is 10.5. The lowest BCUT2D eigenvalue weighted by Crippen LogP contribution is -2.49. The van der Waals surface area contributed by atoms with Crippen LogP contribution in [0.3, 0.4) is 0 Å². The minimum atomic E-state index is -0.317. The molecule has 0 bridgehead atoms. The van der Waals surface area contributed by atoms with Crippen molar-refractivity contribution in [2.24, 2.45) is 0 Å². The summed E-state index contributed by atoms with van der Waals surface area (Å²) in [5.74, 6) is 0. The molecule has 3 aliphatic rings. The third-order valence-electron chi connectivity index (χ3n) is 7.08. The van der Waals surface area contributed by atoms with Gasteiger partial charge in [-0.1, -0.05) is 37.1 Å². The van der Waals surface area contributed by atoms with E-state index in [-0.39, 0.29) is 28.3 Å². The first-order valence-corrected chi connectivity index (χ1v) is 10.5. The molecule has 0 radical (unpaired) electrons. The number of aromatic amines is 1. The Balaban J connectivity index is 1.75. The van der Waals surface area contributed by atoms with Gasteiger partial charge in [0.05, 0.1) is 11.3 Å². The van der Waals surface area contributed by atoms with E-state index in [4.69, 9.17) is 4.74 Å². The van der Waals surface area contributed by atoms with Gasteiger partial charge in [0.2, 0.25) is 0 Å². The summed E-state index contributed by atoms with van der Waals surface area (Å²) in [6.45, 7) is 4.64. The fourth-order valence-corrected chi connectivity index (χ4v) is 5.84. The molecule has 2 aromatic rings. The van der Waals surface area contributed by atoms with E-state index >= 15 is 0 Å². The lowest BCUT2D eigenvalue weighted by molar-refractivity contribution is -0.0702. The molecule has 1 saturated carbocycles. The standard InChI is InChI=1S/C23H28N2O3/c1-22(2)14-16(9-12-28-22)25-20(26)18-19(24-21(25)27)17-8-4-3-7-15(17)13-23(18)10-5-6-11-23/h3-4,7-8,16H,5-6,9-14H2,1-2H3,(H,24,27)/t16-/m0/s1. The molecule has 148 valence electrons. The van der Waals surface area contributed by atoms with Gasteiger partial charge in [0, 0.05) is 29.2 Å². The summed E-state index contributed by atoms with van der Waals surface area (Å²) in [6.07, 6.45) is 6.61. The largest absolute Gasteiger partial charge is 0.375 e. The van der Waals surface area contributed by atoms with Crippen molar-refractivity contribution in [1.29, 1.82) is 0 Å². The molecule has 5 rings (SSSR count). The summed E-state index contributed by atoms with van der Waals surface area (Å²) in [7, 11) is 0. The lowest BCUT2D eigenvalue weighted by Gasteiger charge is -2.39. The molecule has 1 spiro atoms. The molecule has 1 aliphatic heterocycles. The van der Waals surface area contributed by atoms with E-state index < -0.39 is 0 Å². The Morgan fingerprint density at radius 1 is 1.14 bits per heavy atom. The van der Waals surface area contributed by atoms with Gasteiger partial charge >= 0.3 is 5.69 Å². The maximum absolute atomic E-state index is 13.8. The van der Waals surface area contributed by atoms with Crippen LogP contribution in [-0.2, 0) is 16.6 Å². The van der Waals surface area contributed by atoms with Gasteiger partial charge in [-0.05, 0) is 51.5 Å². The Hall–Kier alpha value is -2.14. The van der Waals surface area contributed by atoms with Crippen molar-refractivity contribution in [3.63, 3.8) is 0 Å². The molecular weight excluding hydrogens is 352 g/mol. The molecule has 1 aromatic carbocycles. The van der Waals surface area contributed by atoms with Gasteiger partial charge in [-0.3, -0.25) is 9.36 Å². The molecule has 28 heavy (non-hydrogen) atoms. The molecule has 1 saturated heterocycles. The van der Waals surface area contributed by atoms with Crippen LogP contribution in [0.4, 0.5) is 0 Å². The first kappa shape index (κ1) is 17.9. The monoisotopic (exact) mass is 380 g/mol. The van der Waals surface area contributed by atoms with E-state index in [1.165, 1.54) is 10.1 Å². The van der Waals surface area contributed by atoms with Crippen LogP contribution in [0.15, 0.2) is 33.9 Å². The minimum Gasteiger partial charge on any atom is -0.375 e. The predicted molar refractivity (Wildman–Crippen MR) is 109 cm³/mol. The van der Waals surface area contributed by atoms with Crippen LogP contribution in [0.1, 0.15) is 69.5 Å². The van der Waals surface area contributed by atoms with Crippen LogP contribution in [0.5, 0.6) is 0 Å². The van der Waals surface area contributed by atoms with Crippen molar-refractivity contribution >= 4 is 0 Å². The Labute approximate surface area is 164 Å². The molecule has 2 heterocycles. The van der Waals surface area contributed by atoms with Crippen molar-refractivity contribution in [2.75, 3.05) is 6.61 Å². The van der Waals surface area contributed by atoms with Crippen LogP contribution in [0.2, 0.25) is 0 Å². The predicted octanol–water partition coefficient (Wildman–Crippen LogP) is 3.70. The smallest absolute Gasteiger partial charge is 0.329 e. The number of fused-ring (bicyclic) bond motifs is 4. The average molecular weight is 380 g/mol. The highest BCUT2D eigenvalue weighted by atomic mass is 16.5. The number of H-pyrrole nitrogens is 1. The first-order chi connectivity index (χ1) is 13.4. The number of rotatable bonds is 1. The van der Waals surface area contributed by atoms with Gasteiger partial charge in [-0.25, -0.2) is 4.79 Å². The molecule has 0 unspecified atom stereocenters. The molecule has 5 heteroatoms. The Morgan fingerprint density at radius 3 is 2.64 bits per heavy atom. The highest BCUT2D eigenvalue weighted by Gasteiger charge is 2.45. The molecule has 1 atom stereocenters.